The summed E-state index contributed by atoms with van der Waals surface area (Å²) in [6.07, 6.45) is 5.85. The molecule has 1 aromatic rings. The lowest BCUT2D eigenvalue weighted by atomic mass is 9.77. The zero-order chi connectivity index (χ0) is 13.0. The van der Waals surface area contributed by atoms with Crippen LogP contribution in [0.4, 0.5) is 0 Å². The second kappa shape index (κ2) is 5.85. The Morgan fingerprint density at radius 2 is 2.22 bits per heavy atom. The van der Waals surface area contributed by atoms with Gasteiger partial charge in [0.05, 0.1) is 5.69 Å². The van der Waals surface area contributed by atoms with E-state index >= 15 is 0 Å². The van der Waals surface area contributed by atoms with Crippen molar-refractivity contribution < 1.29 is 9.84 Å². The molecule has 102 valence electrons. The van der Waals surface area contributed by atoms with Gasteiger partial charge in [-0.3, -0.25) is 4.68 Å². The van der Waals surface area contributed by atoms with Gasteiger partial charge in [0, 0.05) is 37.5 Å². The molecule has 0 spiro atoms. The number of aliphatic hydroxyl groups is 1. The smallest absolute Gasteiger partial charge is 0.0631 e. The second-order valence-corrected chi connectivity index (χ2v) is 5.49. The molecule has 1 aliphatic rings. The normalized spacial score (nSPS) is 20.8. The quantitative estimate of drug-likeness (QED) is 0.873. The minimum Gasteiger partial charge on any atom is -0.396 e. The Labute approximate surface area is 109 Å². The zero-order valence-corrected chi connectivity index (χ0v) is 11.4. The topological polar surface area (TPSA) is 47.3 Å². The number of nitrogens with zero attached hydrogens (tertiary/aromatic N) is 2. The first-order valence-corrected chi connectivity index (χ1v) is 6.92. The van der Waals surface area contributed by atoms with Gasteiger partial charge in [0.15, 0.2) is 0 Å². The van der Waals surface area contributed by atoms with Gasteiger partial charge in [-0.05, 0) is 38.7 Å². The van der Waals surface area contributed by atoms with Gasteiger partial charge in [0.1, 0.15) is 0 Å². The molecular weight excluding hydrogens is 228 g/mol. The Bertz CT molecular complexity index is 370. The molecular formula is C14H24N2O2. The van der Waals surface area contributed by atoms with E-state index in [0.29, 0.717) is 6.04 Å². The summed E-state index contributed by atoms with van der Waals surface area (Å²) >= 11 is 0. The fourth-order valence-electron chi connectivity index (χ4n) is 2.48. The summed E-state index contributed by atoms with van der Waals surface area (Å²) in [5, 5.41) is 14.3. The molecule has 4 nitrogen and oxygen atoms in total. The molecule has 0 bridgehead atoms. The lowest BCUT2D eigenvalue weighted by Crippen LogP contribution is -2.35. The number of rotatable bonds is 5. The predicted octanol–water partition coefficient (Wildman–Crippen LogP) is 2.19. The van der Waals surface area contributed by atoms with Gasteiger partial charge in [-0.25, -0.2) is 0 Å². The molecule has 1 aromatic heterocycles. The van der Waals surface area contributed by atoms with Crippen LogP contribution in [0.25, 0.3) is 0 Å². The Morgan fingerprint density at radius 3 is 2.83 bits per heavy atom. The highest BCUT2D eigenvalue weighted by atomic mass is 16.5. The molecule has 1 atom stereocenters. The van der Waals surface area contributed by atoms with E-state index in [-0.39, 0.29) is 12.0 Å². The molecule has 0 radical (unpaired) electrons. The number of hydrogen-bond donors (Lipinski definition) is 1. The zero-order valence-electron chi connectivity index (χ0n) is 11.4. The Kier molecular flexibility index (Phi) is 4.40. The lowest BCUT2D eigenvalue weighted by Gasteiger charge is -2.34. The lowest BCUT2D eigenvalue weighted by molar-refractivity contribution is -0.0163. The first-order valence-electron chi connectivity index (χ1n) is 6.92. The number of ether oxygens (including phenoxy) is 1. The summed E-state index contributed by atoms with van der Waals surface area (Å²) < 4.78 is 7.42. The average Bonchev–Trinajstić information content (AvgIpc) is 2.87. The number of aliphatic hydroxyl groups excluding tert-OH is 1. The van der Waals surface area contributed by atoms with Crippen LogP contribution >= 0.6 is 0 Å². The van der Waals surface area contributed by atoms with Crippen molar-refractivity contribution in [3.8, 4) is 0 Å². The fraction of sp³-hybridized carbons (Fsp3) is 0.786. The third kappa shape index (κ3) is 2.93. The monoisotopic (exact) mass is 252 g/mol. The largest absolute Gasteiger partial charge is 0.396 e. The first kappa shape index (κ1) is 13.6. The standard InChI is InChI=1S/C14H24N2O2/c1-3-12(2)16-7-4-13(15-16)10-14(11-17)5-8-18-9-6-14/h4,7,12,17H,3,5-6,8-11H2,1-2H3. The molecule has 1 N–H and O–H groups in total. The Balaban J connectivity index is 2.05. The highest BCUT2D eigenvalue weighted by Crippen LogP contribution is 2.33. The van der Waals surface area contributed by atoms with Gasteiger partial charge >= 0.3 is 0 Å². The molecule has 1 aliphatic heterocycles. The summed E-state index contributed by atoms with van der Waals surface area (Å²) in [7, 11) is 0. The van der Waals surface area contributed by atoms with Crippen LogP contribution in [-0.2, 0) is 11.2 Å². The van der Waals surface area contributed by atoms with E-state index in [9.17, 15) is 5.11 Å². The van der Waals surface area contributed by atoms with Crippen LogP contribution in [0.2, 0.25) is 0 Å². The molecule has 2 heterocycles. The van der Waals surface area contributed by atoms with Gasteiger partial charge in [0.2, 0.25) is 0 Å². The molecule has 2 rings (SSSR count). The molecule has 1 unspecified atom stereocenters. The maximum atomic E-state index is 9.67. The van der Waals surface area contributed by atoms with Crippen LogP contribution in [0.1, 0.15) is 44.8 Å². The van der Waals surface area contributed by atoms with Gasteiger partial charge < -0.3 is 9.84 Å². The van der Waals surface area contributed by atoms with Crippen molar-refractivity contribution in [2.75, 3.05) is 19.8 Å². The van der Waals surface area contributed by atoms with Crippen LogP contribution in [0, 0.1) is 5.41 Å². The van der Waals surface area contributed by atoms with Crippen molar-refractivity contribution in [1.82, 2.24) is 9.78 Å². The van der Waals surface area contributed by atoms with Crippen molar-refractivity contribution in [3.05, 3.63) is 18.0 Å². The van der Waals surface area contributed by atoms with Crippen molar-refractivity contribution in [3.63, 3.8) is 0 Å². The van der Waals surface area contributed by atoms with E-state index in [4.69, 9.17) is 4.74 Å². The Morgan fingerprint density at radius 1 is 1.50 bits per heavy atom. The minimum absolute atomic E-state index is 0.0209. The van der Waals surface area contributed by atoms with Crippen molar-refractivity contribution >= 4 is 0 Å². The van der Waals surface area contributed by atoms with Crippen LogP contribution in [0.3, 0.4) is 0 Å². The van der Waals surface area contributed by atoms with Crippen LogP contribution in [0.5, 0.6) is 0 Å². The van der Waals surface area contributed by atoms with E-state index in [1.807, 2.05) is 10.9 Å². The maximum Gasteiger partial charge on any atom is 0.0631 e. The fourth-order valence-corrected chi connectivity index (χ4v) is 2.48. The Hall–Kier alpha value is -0.870. The van der Waals surface area contributed by atoms with E-state index < -0.39 is 0 Å². The SMILES string of the molecule is CCC(C)n1ccc(CC2(CO)CCOCC2)n1. The highest BCUT2D eigenvalue weighted by molar-refractivity contribution is 5.04. The van der Waals surface area contributed by atoms with Gasteiger partial charge in [-0.15, -0.1) is 0 Å². The maximum absolute atomic E-state index is 9.67. The number of hydrogen-bond acceptors (Lipinski definition) is 3. The average molecular weight is 252 g/mol. The van der Waals surface area contributed by atoms with Gasteiger partial charge in [-0.1, -0.05) is 6.92 Å². The van der Waals surface area contributed by atoms with Crippen LogP contribution < -0.4 is 0 Å². The van der Waals surface area contributed by atoms with Crippen LogP contribution in [-0.4, -0.2) is 34.7 Å². The second-order valence-electron chi connectivity index (χ2n) is 5.49. The molecule has 0 aliphatic carbocycles. The van der Waals surface area contributed by atoms with Crippen molar-refractivity contribution in [2.45, 2.75) is 45.6 Å². The summed E-state index contributed by atoms with van der Waals surface area (Å²) in [6.45, 7) is 6.08. The predicted molar refractivity (Wildman–Crippen MR) is 70.5 cm³/mol. The summed E-state index contributed by atoms with van der Waals surface area (Å²) in [6, 6.07) is 2.53. The molecule has 1 fully saturated rings. The third-order valence-corrected chi connectivity index (χ3v) is 4.15. The van der Waals surface area contributed by atoms with E-state index in [0.717, 1.165) is 44.6 Å². The van der Waals surface area contributed by atoms with E-state index in [2.05, 4.69) is 25.0 Å². The number of aromatic nitrogens is 2. The van der Waals surface area contributed by atoms with Gasteiger partial charge in [0.25, 0.3) is 0 Å². The van der Waals surface area contributed by atoms with E-state index in [1.54, 1.807) is 0 Å². The summed E-state index contributed by atoms with van der Waals surface area (Å²) in [5.41, 5.74) is 1.07. The van der Waals surface area contributed by atoms with Crippen molar-refractivity contribution in [2.24, 2.45) is 5.41 Å². The first-order chi connectivity index (χ1) is 8.69. The third-order valence-electron chi connectivity index (χ3n) is 4.15. The molecule has 0 saturated carbocycles. The molecule has 18 heavy (non-hydrogen) atoms. The minimum atomic E-state index is -0.0209. The molecule has 0 aromatic carbocycles. The van der Waals surface area contributed by atoms with E-state index in [1.165, 1.54) is 0 Å². The summed E-state index contributed by atoms with van der Waals surface area (Å²) in [5.74, 6) is 0. The highest BCUT2D eigenvalue weighted by Gasteiger charge is 2.32. The molecule has 4 heteroatoms. The van der Waals surface area contributed by atoms with Crippen molar-refractivity contribution in [1.29, 1.82) is 0 Å². The summed E-state index contributed by atoms with van der Waals surface area (Å²) in [4.78, 5) is 0. The molecule has 0 amide bonds. The van der Waals surface area contributed by atoms with Crippen LogP contribution in [0.15, 0.2) is 12.3 Å². The molecule has 1 saturated heterocycles. The van der Waals surface area contributed by atoms with Gasteiger partial charge in [-0.2, -0.15) is 5.10 Å².